The third kappa shape index (κ3) is 3.24. The van der Waals surface area contributed by atoms with Crippen LogP contribution in [0.5, 0.6) is 5.88 Å². The summed E-state index contributed by atoms with van der Waals surface area (Å²) in [7, 11) is 1.61. The Morgan fingerprint density at radius 1 is 1.22 bits per heavy atom. The van der Waals surface area contributed by atoms with Crippen molar-refractivity contribution in [2.75, 3.05) is 17.3 Å². The molecule has 0 saturated heterocycles. The molecular formula is C21H26N4O2. The number of nitrogens with zero attached hydrogens (tertiary/aromatic N) is 3. The maximum atomic E-state index is 12.5. The van der Waals surface area contributed by atoms with Crippen LogP contribution in [0.2, 0.25) is 0 Å². The molecule has 0 spiro atoms. The molecule has 1 fully saturated rings. The zero-order valence-corrected chi connectivity index (χ0v) is 16.3. The highest BCUT2D eigenvalue weighted by molar-refractivity contribution is 5.94. The molecule has 1 aliphatic carbocycles. The van der Waals surface area contributed by atoms with Gasteiger partial charge in [-0.3, -0.25) is 4.79 Å². The second-order valence-corrected chi connectivity index (χ2v) is 7.62. The largest absolute Gasteiger partial charge is 0.481 e. The molecule has 1 unspecified atom stereocenters. The maximum absolute atomic E-state index is 12.5. The third-order valence-corrected chi connectivity index (χ3v) is 5.64. The summed E-state index contributed by atoms with van der Waals surface area (Å²) in [5, 5.41) is 3.58. The van der Waals surface area contributed by atoms with Gasteiger partial charge in [0.2, 0.25) is 11.8 Å². The number of nitrogens with one attached hydrogen (secondary N) is 1. The van der Waals surface area contributed by atoms with Gasteiger partial charge in [-0.1, -0.05) is 13.0 Å². The summed E-state index contributed by atoms with van der Waals surface area (Å²) in [6.07, 6.45) is 2.35. The standard InChI is InChI=1S/C21H26N4O2/c1-12-6-5-7-17(22-12)23-19-13(2)21(15-8-9-15)25(14(3)26)16-10-11-18(27-4)24-20(16)19/h5-7,10-11,13,15,19,21H,8-9H2,1-4H3,(H,22,23)/t13-,19?,21-/m1/s1. The molecule has 0 bridgehead atoms. The Hall–Kier alpha value is -2.63. The number of anilines is 2. The minimum atomic E-state index is -0.0365. The Bertz CT molecular complexity index is 865. The van der Waals surface area contributed by atoms with Gasteiger partial charge < -0.3 is 15.0 Å². The van der Waals surface area contributed by atoms with Gasteiger partial charge in [-0.25, -0.2) is 9.97 Å². The quantitative estimate of drug-likeness (QED) is 0.893. The number of hydrogen-bond acceptors (Lipinski definition) is 5. The summed E-state index contributed by atoms with van der Waals surface area (Å²) in [5.41, 5.74) is 2.69. The van der Waals surface area contributed by atoms with Gasteiger partial charge in [-0.05, 0) is 43.9 Å². The Kier molecular flexibility index (Phi) is 4.50. The predicted octanol–water partition coefficient (Wildman–Crippen LogP) is 3.73. The van der Waals surface area contributed by atoms with Gasteiger partial charge in [-0.2, -0.15) is 0 Å². The van der Waals surface area contributed by atoms with E-state index in [0.717, 1.165) is 22.9 Å². The molecule has 1 aliphatic heterocycles. The van der Waals surface area contributed by atoms with Crippen LogP contribution in [-0.4, -0.2) is 29.0 Å². The summed E-state index contributed by atoms with van der Waals surface area (Å²) in [4.78, 5) is 23.8. The lowest BCUT2D eigenvalue weighted by atomic mass is 9.82. The molecule has 3 heterocycles. The van der Waals surface area contributed by atoms with E-state index >= 15 is 0 Å². The maximum Gasteiger partial charge on any atom is 0.224 e. The fourth-order valence-corrected chi connectivity index (χ4v) is 4.28. The molecule has 2 aromatic rings. The van der Waals surface area contributed by atoms with E-state index in [1.165, 1.54) is 12.8 Å². The van der Waals surface area contributed by atoms with E-state index in [1.807, 2.05) is 42.2 Å². The van der Waals surface area contributed by atoms with E-state index in [4.69, 9.17) is 9.72 Å². The van der Waals surface area contributed by atoms with Crippen LogP contribution in [0.25, 0.3) is 0 Å². The van der Waals surface area contributed by atoms with Crippen LogP contribution in [0, 0.1) is 18.8 Å². The van der Waals surface area contributed by atoms with Gasteiger partial charge in [-0.15, -0.1) is 0 Å². The van der Waals surface area contributed by atoms with Gasteiger partial charge in [0.25, 0.3) is 0 Å². The lowest BCUT2D eigenvalue weighted by Gasteiger charge is -2.45. The molecule has 0 radical (unpaired) electrons. The third-order valence-electron chi connectivity index (χ3n) is 5.64. The highest BCUT2D eigenvalue weighted by Crippen LogP contribution is 2.49. The minimum absolute atomic E-state index is 0.0365. The normalized spacial score (nSPS) is 24.3. The summed E-state index contributed by atoms with van der Waals surface area (Å²) >= 11 is 0. The van der Waals surface area contributed by atoms with E-state index in [9.17, 15) is 4.79 Å². The zero-order chi connectivity index (χ0) is 19.1. The van der Waals surface area contributed by atoms with E-state index in [0.29, 0.717) is 11.8 Å². The van der Waals surface area contributed by atoms with Crippen LogP contribution in [0.15, 0.2) is 30.3 Å². The number of pyridine rings is 2. The molecule has 6 heteroatoms. The topological polar surface area (TPSA) is 67.3 Å². The van der Waals surface area contributed by atoms with Gasteiger partial charge >= 0.3 is 0 Å². The summed E-state index contributed by atoms with van der Waals surface area (Å²) in [6.45, 7) is 5.83. The van der Waals surface area contributed by atoms with Gasteiger partial charge in [0, 0.05) is 30.6 Å². The molecular weight excluding hydrogens is 340 g/mol. The smallest absolute Gasteiger partial charge is 0.224 e. The van der Waals surface area contributed by atoms with Gasteiger partial charge in [0.15, 0.2) is 0 Å². The van der Waals surface area contributed by atoms with Crippen molar-refractivity contribution in [2.24, 2.45) is 11.8 Å². The molecule has 0 aromatic carbocycles. The van der Waals surface area contributed by atoms with Crippen molar-refractivity contribution in [1.29, 1.82) is 0 Å². The monoisotopic (exact) mass is 366 g/mol. The number of aromatic nitrogens is 2. The molecule has 3 atom stereocenters. The van der Waals surface area contributed by atoms with Crippen LogP contribution >= 0.6 is 0 Å². The van der Waals surface area contributed by atoms with Crippen molar-refractivity contribution in [3.63, 3.8) is 0 Å². The minimum Gasteiger partial charge on any atom is -0.481 e. The number of methoxy groups -OCH3 is 1. The molecule has 4 rings (SSSR count). The van der Waals surface area contributed by atoms with Crippen LogP contribution in [0.4, 0.5) is 11.5 Å². The number of carbonyl (C=O) groups excluding carboxylic acids is 1. The molecule has 27 heavy (non-hydrogen) atoms. The van der Waals surface area contributed by atoms with Crippen molar-refractivity contribution >= 4 is 17.4 Å². The van der Waals surface area contributed by atoms with Crippen molar-refractivity contribution in [2.45, 2.75) is 45.7 Å². The van der Waals surface area contributed by atoms with Gasteiger partial charge in [0.1, 0.15) is 5.82 Å². The number of fused-ring (bicyclic) bond motifs is 1. The second kappa shape index (κ2) is 6.83. The predicted molar refractivity (Wildman–Crippen MR) is 105 cm³/mol. The Balaban J connectivity index is 1.81. The van der Waals surface area contributed by atoms with Crippen molar-refractivity contribution in [3.8, 4) is 5.88 Å². The molecule has 2 aliphatic rings. The molecule has 1 amide bonds. The number of amides is 1. The Labute approximate surface area is 160 Å². The summed E-state index contributed by atoms with van der Waals surface area (Å²) in [6, 6.07) is 9.88. The fraction of sp³-hybridized carbons (Fsp3) is 0.476. The van der Waals surface area contributed by atoms with E-state index in [1.54, 1.807) is 14.0 Å². The Morgan fingerprint density at radius 2 is 2.00 bits per heavy atom. The number of aryl methyl sites for hydroxylation is 1. The number of carbonyl (C=O) groups is 1. The number of rotatable bonds is 4. The SMILES string of the molecule is COc1ccc2c(n1)C(Nc1cccc(C)n1)[C@@H](C)[C@H](C1CC1)N2C(C)=O. The van der Waals surface area contributed by atoms with E-state index < -0.39 is 0 Å². The Morgan fingerprint density at radius 3 is 2.63 bits per heavy atom. The van der Waals surface area contributed by atoms with Crippen molar-refractivity contribution < 1.29 is 9.53 Å². The zero-order valence-electron chi connectivity index (χ0n) is 16.3. The average molecular weight is 366 g/mol. The molecule has 1 N–H and O–H groups in total. The van der Waals surface area contributed by atoms with E-state index in [2.05, 4.69) is 17.2 Å². The number of ether oxygens (including phenoxy) is 1. The number of hydrogen-bond donors (Lipinski definition) is 1. The molecule has 6 nitrogen and oxygen atoms in total. The lowest BCUT2D eigenvalue weighted by molar-refractivity contribution is -0.117. The van der Waals surface area contributed by atoms with E-state index in [-0.39, 0.29) is 23.9 Å². The summed E-state index contributed by atoms with van der Waals surface area (Å²) < 4.78 is 5.36. The molecule has 2 aromatic heterocycles. The average Bonchev–Trinajstić information content (AvgIpc) is 3.47. The lowest BCUT2D eigenvalue weighted by Crippen LogP contribution is -2.51. The first-order chi connectivity index (χ1) is 13.0. The van der Waals surface area contributed by atoms with Crippen LogP contribution in [0.1, 0.15) is 44.1 Å². The molecule has 142 valence electrons. The van der Waals surface area contributed by atoms with Crippen molar-refractivity contribution in [1.82, 2.24) is 9.97 Å². The summed E-state index contributed by atoms with van der Waals surface area (Å²) in [5.74, 6) is 2.20. The van der Waals surface area contributed by atoms with Crippen LogP contribution in [0.3, 0.4) is 0 Å². The van der Waals surface area contributed by atoms with Crippen LogP contribution in [-0.2, 0) is 4.79 Å². The first-order valence-corrected chi connectivity index (χ1v) is 9.54. The highest BCUT2D eigenvalue weighted by atomic mass is 16.5. The molecule has 1 saturated carbocycles. The van der Waals surface area contributed by atoms with Crippen molar-refractivity contribution in [3.05, 3.63) is 41.7 Å². The van der Waals surface area contributed by atoms with Gasteiger partial charge in [0.05, 0.1) is 24.5 Å². The second-order valence-electron chi connectivity index (χ2n) is 7.62. The first kappa shape index (κ1) is 17.8. The van der Waals surface area contributed by atoms with Crippen LogP contribution < -0.4 is 15.0 Å². The highest BCUT2D eigenvalue weighted by Gasteiger charge is 2.48. The first-order valence-electron chi connectivity index (χ1n) is 9.54. The fourth-order valence-electron chi connectivity index (χ4n) is 4.28.